The van der Waals surface area contributed by atoms with Gasteiger partial charge in [-0.15, -0.1) is 0 Å². The Hall–Kier alpha value is -1.88. The number of hydrogen-bond donors (Lipinski definition) is 2. The summed E-state index contributed by atoms with van der Waals surface area (Å²) in [6, 6.07) is 6.03. The van der Waals surface area contributed by atoms with Crippen molar-refractivity contribution in [2.75, 3.05) is 5.32 Å². The Morgan fingerprint density at radius 1 is 1.43 bits per heavy atom. The number of pyridine rings is 1. The average molecular weight is 301 g/mol. The van der Waals surface area contributed by atoms with Gasteiger partial charge in [0.25, 0.3) is 0 Å². The molecule has 2 aromatic rings. The first-order valence-corrected chi connectivity index (χ1v) is 7.61. The molecule has 1 aliphatic carbocycles. The third-order valence-corrected chi connectivity index (χ3v) is 4.08. The molecule has 3 rings (SSSR count). The van der Waals surface area contributed by atoms with Crippen LogP contribution in [0.5, 0.6) is 0 Å². The third-order valence-electron chi connectivity index (χ3n) is 3.86. The van der Waals surface area contributed by atoms with Crippen molar-refractivity contribution in [3.63, 3.8) is 0 Å². The van der Waals surface area contributed by atoms with Crippen LogP contribution in [0.4, 0.5) is 5.82 Å². The molecule has 0 fully saturated rings. The zero-order valence-corrected chi connectivity index (χ0v) is 13.1. The fourth-order valence-corrected chi connectivity index (χ4v) is 2.89. The molecule has 4 nitrogen and oxygen atoms in total. The summed E-state index contributed by atoms with van der Waals surface area (Å²) < 4.78 is 5.66. The molecule has 0 aromatic carbocycles. The molecule has 0 radical (unpaired) electrons. The number of nitrogens with two attached hydrogens (primary N) is 1. The standard InChI is InChI=1S/C16H19N3OS/c1-9-6-7-14(20-9)10(2)18-16-12(15(17)21)8-11-4-3-5-13(11)19-16/h6-8,10H,3-5H2,1-2H3,(H2,17,21)(H,18,19). The quantitative estimate of drug-likeness (QED) is 0.849. The summed E-state index contributed by atoms with van der Waals surface area (Å²) in [7, 11) is 0. The second-order valence-corrected chi connectivity index (χ2v) is 5.96. The van der Waals surface area contributed by atoms with Crippen molar-refractivity contribution in [1.82, 2.24) is 4.98 Å². The molecular formula is C16H19N3OS. The van der Waals surface area contributed by atoms with E-state index in [1.165, 1.54) is 5.56 Å². The van der Waals surface area contributed by atoms with Gasteiger partial charge in [0.2, 0.25) is 0 Å². The van der Waals surface area contributed by atoms with Gasteiger partial charge in [0.1, 0.15) is 22.3 Å². The van der Waals surface area contributed by atoms with Gasteiger partial charge in [0.05, 0.1) is 11.6 Å². The molecule has 1 atom stereocenters. The molecule has 0 saturated carbocycles. The van der Waals surface area contributed by atoms with Crippen LogP contribution in [0.3, 0.4) is 0 Å². The minimum absolute atomic E-state index is 0.0127. The number of nitrogens with zero attached hydrogens (tertiary/aromatic N) is 1. The van der Waals surface area contributed by atoms with E-state index in [0.717, 1.165) is 47.9 Å². The van der Waals surface area contributed by atoms with Gasteiger partial charge >= 0.3 is 0 Å². The summed E-state index contributed by atoms with van der Waals surface area (Å²) in [5.74, 6) is 2.53. The number of anilines is 1. The molecule has 2 aromatic heterocycles. The van der Waals surface area contributed by atoms with Gasteiger partial charge in [-0.1, -0.05) is 12.2 Å². The van der Waals surface area contributed by atoms with Crippen molar-refractivity contribution in [1.29, 1.82) is 0 Å². The van der Waals surface area contributed by atoms with Crippen LogP contribution in [-0.4, -0.2) is 9.97 Å². The molecular weight excluding hydrogens is 282 g/mol. The molecule has 1 aliphatic rings. The predicted octanol–water partition coefficient (Wildman–Crippen LogP) is 3.28. The lowest BCUT2D eigenvalue weighted by molar-refractivity contribution is 0.466. The highest BCUT2D eigenvalue weighted by molar-refractivity contribution is 7.80. The summed E-state index contributed by atoms with van der Waals surface area (Å²) in [4.78, 5) is 5.10. The molecule has 110 valence electrons. The van der Waals surface area contributed by atoms with Gasteiger partial charge in [-0.25, -0.2) is 4.98 Å². The molecule has 0 aliphatic heterocycles. The second kappa shape index (κ2) is 5.48. The van der Waals surface area contributed by atoms with Crippen LogP contribution in [0.1, 0.15) is 47.7 Å². The number of aryl methyl sites for hydroxylation is 3. The van der Waals surface area contributed by atoms with Crippen molar-refractivity contribution in [3.8, 4) is 0 Å². The highest BCUT2D eigenvalue weighted by Crippen LogP contribution is 2.28. The van der Waals surface area contributed by atoms with E-state index in [4.69, 9.17) is 27.4 Å². The summed E-state index contributed by atoms with van der Waals surface area (Å²) in [6.07, 6.45) is 3.23. The van der Waals surface area contributed by atoms with Crippen LogP contribution >= 0.6 is 12.2 Å². The number of aromatic nitrogens is 1. The largest absolute Gasteiger partial charge is 0.464 e. The minimum Gasteiger partial charge on any atom is -0.464 e. The normalized spacial score (nSPS) is 14.8. The highest BCUT2D eigenvalue weighted by atomic mass is 32.1. The van der Waals surface area contributed by atoms with E-state index in [9.17, 15) is 0 Å². The van der Waals surface area contributed by atoms with E-state index in [0.29, 0.717) is 4.99 Å². The molecule has 2 heterocycles. The highest BCUT2D eigenvalue weighted by Gasteiger charge is 2.19. The Morgan fingerprint density at radius 2 is 2.24 bits per heavy atom. The summed E-state index contributed by atoms with van der Waals surface area (Å²) in [6.45, 7) is 3.97. The topological polar surface area (TPSA) is 64.1 Å². The van der Waals surface area contributed by atoms with Crippen molar-refractivity contribution >= 4 is 23.0 Å². The third kappa shape index (κ3) is 2.78. The first-order chi connectivity index (χ1) is 10.0. The summed E-state index contributed by atoms with van der Waals surface area (Å²) >= 11 is 5.17. The number of nitrogens with one attached hydrogen (secondary N) is 1. The van der Waals surface area contributed by atoms with E-state index in [1.54, 1.807) is 0 Å². The van der Waals surface area contributed by atoms with Gasteiger partial charge in [-0.3, -0.25) is 0 Å². The number of fused-ring (bicyclic) bond motifs is 1. The predicted molar refractivity (Wildman–Crippen MR) is 87.6 cm³/mol. The molecule has 21 heavy (non-hydrogen) atoms. The van der Waals surface area contributed by atoms with Gasteiger partial charge in [0, 0.05) is 5.69 Å². The number of thiocarbonyl (C=S) groups is 1. The Labute approximate surface area is 129 Å². The van der Waals surface area contributed by atoms with E-state index in [2.05, 4.69) is 11.4 Å². The Bertz CT molecular complexity index is 693. The monoisotopic (exact) mass is 301 g/mol. The van der Waals surface area contributed by atoms with Crippen LogP contribution < -0.4 is 11.1 Å². The van der Waals surface area contributed by atoms with Crippen LogP contribution in [0.15, 0.2) is 22.6 Å². The lowest BCUT2D eigenvalue weighted by atomic mass is 10.1. The minimum atomic E-state index is 0.0127. The van der Waals surface area contributed by atoms with E-state index < -0.39 is 0 Å². The van der Waals surface area contributed by atoms with E-state index in [1.807, 2.05) is 26.0 Å². The van der Waals surface area contributed by atoms with Crippen LogP contribution in [-0.2, 0) is 12.8 Å². The Morgan fingerprint density at radius 3 is 2.90 bits per heavy atom. The first-order valence-electron chi connectivity index (χ1n) is 7.20. The lowest BCUT2D eigenvalue weighted by Crippen LogP contribution is -2.17. The number of furan rings is 1. The maximum atomic E-state index is 5.86. The molecule has 0 saturated heterocycles. The fourth-order valence-electron chi connectivity index (χ4n) is 2.73. The average Bonchev–Trinajstić information content (AvgIpc) is 3.05. The second-order valence-electron chi connectivity index (χ2n) is 5.52. The van der Waals surface area contributed by atoms with E-state index in [-0.39, 0.29) is 6.04 Å². The molecule has 0 amide bonds. The SMILES string of the molecule is Cc1ccc(C(C)Nc2nc3c(cc2C(N)=S)CCC3)o1. The fraction of sp³-hybridized carbons (Fsp3) is 0.375. The Balaban J connectivity index is 1.92. The maximum absolute atomic E-state index is 5.86. The molecule has 0 spiro atoms. The summed E-state index contributed by atoms with van der Waals surface area (Å²) in [5, 5.41) is 3.38. The smallest absolute Gasteiger partial charge is 0.137 e. The van der Waals surface area contributed by atoms with E-state index >= 15 is 0 Å². The number of rotatable bonds is 4. The Kier molecular flexibility index (Phi) is 3.68. The van der Waals surface area contributed by atoms with Crippen LogP contribution in [0.25, 0.3) is 0 Å². The molecule has 3 N–H and O–H groups in total. The zero-order chi connectivity index (χ0) is 15.0. The molecule has 5 heteroatoms. The maximum Gasteiger partial charge on any atom is 0.137 e. The number of hydrogen-bond acceptors (Lipinski definition) is 4. The first kappa shape index (κ1) is 14.1. The van der Waals surface area contributed by atoms with Crippen molar-refractivity contribution < 1.29 is 4.42 Å². The molecule has 0 bridgehead atoms. The van der Waals surface area contributed by atoms with Crippen molar-refractivity contribution in [3.05, 3.63) is 46.5 Å². The van der Waals surface area contributed by atoms with Gasteiger partial charge < -0.3 is 15.5 Å². The van der Waals surface area contributed by atoms with Gasteiger partial charge in [0.15, 0.2) is 0 Å². The zero-order valence-electron chi connectivity index (χ0n) is 12.3. The van der Waals surface area contributed by atoms with Crippen molar-refractivity contribution in [2.45, 2.75) is 39.2 Å². The van der Waals surface area contributed by atoms with Crippen LogP contribution in [0.2, 0.25) is 0 Å². The summed E-state index contributed by atoms with van der Waals surface area (Å²) in [5.41, 5.74) is 9.10. The molecule has 1 unspecified atom stereocenters. The van der Waals surface area contributed by atoms with Crippen LogP contribution in [0, 0.1) is 6.92 Å². The van der Waals surface area contributed by atoms with Gasteiger partial charge in [-0.05, 0) is 56.9 Å². The van der Waals surface area contributed by atoms with Gasteiger partial charge in [-0.2, -0.15) is 0 Å². The van der Waals surface area contributed by atoms with Crippen molar-refractivity contribution in [2.24, 2.45) is 5.73 Å². The lowest BCUT2D eigenvalue weighted by Gasteiger charge is -2.16.